The van der Waals surface area contributed by atoms with Gasteiger partial charge in [-0.2, -0.15) is 0 Å². The Morgan fingerprint density at radius 3 is 2.55 bits per heavy atom. The molecular formula is C27H28N2O4. The molecule has 1 aromatic heterocycles. The average molecular weight is 445 g/mol. The SMILES string of the molecule is COc1cc(-c2ccccc2)ccc1Cn1c(C)nc2c(C)cc(OCCCC(=O)O)cc21. The fourth-order valence-corrected chi connectivity index (χ4v) is 4.03. The van der Waals surface area contributed by atoms with Gasteiger partial charge in [0.2, 0.25) is 0 Å². The van der Waals surface area contributed by atoms with Crippen molar-refractivity contribution < 1.29 is 19.4 Å². The molecule has 0 aliphatic heterocycles. The molecule has 0 spiro atoms. The van der Waals surface area contributed by atoms with Gasteiger partial charge in [0.05, 0.1) is 31.3 Å². The van der Waals surface area contributed by atoms with E-state index in [-0.39, 0.29) is 6.42 Å². The largest absolute Gasteiger partial charge is 0.496 e. The highest BCUT2D eigenvalue weighted by atomic mass is 16.5. The molecule has 6 heteroatoms. The lowest BCUT2D eigenvalue weighted by Crippen LogP contribution is -2.05. The van der Waals surface area contributed by atoms with E-state index in [1.807, 2.05) is 44.2 Å². The standard InChI is InChI=1S/C27H28N2O4/c1-18-14-23(33-13-7-10-26(30)31)16-24-27(18)28-19(2)29(24)17-22-12-11-21(15-25(22)32-3)20-8-5-4-6-9-20/h4-6,8-9,11-12,14-16H,7,10,13,17H2,1-3H3,(H,30,31). The van der Waals surface area contributed by atoms with Gasteiger partial charge in [-0.3, -0.25) is 4.79 Å². The number of carboxylic acid groups (broad SMARTS) is 1. The van der Waals surface area contributed by atoms with E-state index in [1.165, 1.54) is 0 Å². The number of carboxylic acids is 1. The molecule has 4 rings (SSSR count). The van der Waals surface area contributed by atoms with Gasteiger partial charge in [-0.05, 0) is 49.1 Å². The third-order valence-corrected chi connectivity index (χ3v) is 5.74. The first-order valence-corrected chi connectivity index (χ1v) is 11.0. The molecule has 0 fully saturated rings. The van der Waals surface area contributed by atoms with Crippen LogP contribution >= 0.6 is 0 Å². The van der Waals surface area contributed by atoms with E-state index in [9.17, 15) is 4.79 Å². The Kier molecular flexibility index (Phi) is 6.63. The Morgan fingerprint density at radius 1 is 1.03 bits per heavy atom. The number of aliphatic carboxylic acids is 1. The van der Waals surface area contributed by atoms with Gasteiger partial charge in [-0.1, -0.05) is 42.5 Å². The van der Waals surface area contributed by atoms with E-state index in [0.717, 1.165) is 50.6 Å². The maximum absolute atomic E-state index is 10.7. The number of fused-ring (bicyclic) bond motifs is 1. The quantitative estimate of drug-likeness (QED) is 0.339. The molecule has 1 N–H and O–H groups in total. The van der Waals surface area contributed by atoms with Crippen LogP contribution in [0, 0.1) is 13.8 Å². The fraction of sp³-hybridized carbons (Fsp3) is 0.259. The predicted molar refractivity (Wildman–Crippen MR) is 129 cm³/mol. The van der Waals surface area contributed by atoms with Gasteiger partial charge in [0.25, 0.3) is 0 Å². The summed E-state index contributed by atoms with van der Waals surface area (Å²) in [4.78, 5) is 15.5. The molecule has 0 radical (unpaired) electrons. The first-order chi connectivity index (χ1) is 16.0. The molecule has 0 saturated heterocycles. The van der Waals surface area contributed by atoms with Crippen LogP contribution in [0.3, 0.4) is 0 Å². The van der Waals surface area contributed by atoms with Crippen LogP contribution in [0.2, 0.25) is 0 Å². The highest BCUT2D eigenvalue weighted by molar-refractivity contribution is 5.81. The molecular weight excluding hydrogens is 416 g/mol. The van der Waals surface area contributed by atoms with Crippen molar-refractivity contribution in [3.63, 3.8) is 0 Å². The molecule has 0 unspecified atom stereocenters. The lowest BCUT2D eigenvalue weighted by Gasteiger charge is -2.14. The minimum atomic E-state index is -0.814. The van der Waals surface area contributed by atoms with Crippen molar-refractivity contribution in [3.05, 3.63) is 77.6 Å². The molecule has 0 aliphatic rings. The summed E-state index contributed by atoms with van der Waals surface area (Å²) in [5.41, 5.74) is 6.25. The van der Waals surface area contributed by atoms with E-state index in [1.54, 1.807) is 7.11 Å². The van der Waals surface area contributed by atoms with Crippen LogP contribution < -0.4 is 9.47 Å². The van der Waals surface area contributed by atoms with Crippen LogP contribution in [0.5, 0.6) is 11.5 Å². The Balaban J connectivity index is 1.64. The minimum Gasteiger partial charge on any atom is -0.496 e. The Bertz CT molecular complexity index is 1280. The number of ether oxygens (including phenoxy) is 2. The van der Waals surface area contributed by atoms with E-state index < -0.39 is 5.97 Å². The highest BCUT2D eigenvalue weighted by Gasteiger charge is 2.15. The second kappa shape index (κ2) is 9.77. The predicted octanol–water partition coefficient (Wildman–Crippen LogP) is 5.62. The number of nitrogens with zero attached hydrogens (tertiary/aromatic N) is 2. The smallest absolute Gasteiger partial charge is 0.303 e. The lowest BCUT2D eigenvalue weighted by atomic mass is 10.0. The minimum absolute atomic E-state index is 0.0943. The zero-order valence-corrected chi connectivity index (χ0v) is 19.2. The molecule has 170 valence electrons. The van der Waals surface area contributed by atoms with Crippen molar-refractivity contribution in [3.8, 4) is 22.6 Å². The number of hydrogen-bond donors (Lipinski definition) is 1. The van der Waals surface area contributed by atoms with Crippen molar-refractivity contribution in [1.29, 1.82) is 0 Å². The number of methoxy groups -OCH3 is 1. The first kappa shape index (κ1) is 22.4. The number of carbonyl (C=O) groups is 1. The summed E-state index contributed by atoms with van der Waals surface area (Å²) in [7, 11) is 1.69. The van der Waals surface area contributed by atoms with Crippen molar-refractivity contribution in [2.75, 3.05) is 13.7 Å². The van der Waals surface area contributed by atoms with Gasteiger partial charge >= 0.3 is 5.97 Å². The first-order valence-electron chi connectivity index (χ1n) is 11.0. The maximum Gasteiger partial charge on any atom is 0.303 e. The van der Waals surface area contributed by atoms with Gasteiger partial charge in [-0.15, -0.1) is 0 Å². The van der Waals surface area contributed by atoms with Crippen LogP contribution in [0.15, 0.2) is 60.7 Å². The molecule has 33 heavy (non-hydrogen) atoms. The third kappa shape index (κ3) is 5.00. The van der Waals surface area contributed by atoms with Crippen LogP contribution in [-0.2, 0) is 11.3 Å². The molecule has 0 amide bonds. The van der Waals surface area contributed by atoms with E-state index in [2.05, 4.69) is 34.9 Å². The molecule has 3 aromatic carbocycles. The summed E-state index contributed by atoms with van der Waals surface area (Å²) in [6.45, 7) is 4.98. The Morgan fingerprint density at radius 2 is 1.82 bits per heavy atom. The Labute approximate surface area is 193 Å². The number of aromatic nitrogens is 2. The third-order valence-electron chi connectivity index (χ3n) is 5.74. The molecule has 0 saturated carbocycles. The van der Waals surface area contributed by atoms with Crippen LogP contribution in [-0.4, -0.2) is 34.3 Å². The normalized spacial score (nSPS) is 11.0. The maximum atomic E-state index is 10.7. The average Bonchev–Trinajstić information content (AvgIpc) is 3.13. The summed E-state index contributed by atoms with van der Waals surface area (Å²) >= 11 is 0. The molecule has 6 nitrogen and oxygen atoms in total. The second-order valence-corrected chi connectivity index (χ2v) is 8.09. The van der Waals surface area contributed by atoms with Gasteiger partial charge < -0.3 is 19.1 Å². The van der Waals surface area contributed by atoms with Gasteiger partial charge in [0.15, 0.2) is 0 Å². The van der Waals surface area contributed by atoms with Crippen molar-refractivity contribution >= 4 is 17.0 Å². The van der Waals surface area contributed by atoms with Crippen LogP contribution in [0.1, 0.15) is 29.8 Å². The van der Waals surface area contributed by atoms with Gasteiger partial charge in [0.1, 0.15) is 17.3 Å². The summed E-state index contributed by atoms with van der Waals surface area (Å²) in [5.74, 6) is 1.64. The van der Waals surface area contributed by atoms with Crippen molar-refractivity contribution in [2.45, 2.75) is 33.2 Å². The summed E-state index contributed by atoms with van der Waals surface area (Å²) < 4.78 is 13.7. The second-order valence-electron chi connectivity index (χ2n) is 8.09. The molecule has 4 aromatic rings. The van der Waals surface area contributed by atoms with E-state index >= 15 is 0 Å². The zero-order valence-electron chi connectivity index (χ0n) is 19.2. The zero-order chi connectivity index (χ0) is 23.4. The summed E-state index contributed by atoms with van der Waals surface area (Å²) in [5, 5.41) is 8.82. The van der Waals surface area contributed by atoms with E-state index in [4.69, 9.17) is 19.6 Å². The lowest BCUT2D eigenvalue weighted by molar-refractivity contribution is -0.137. The number of hydrogen-bond acceptors (Lipinski definition) is 4. The molecule has 1 heterocycles. The number of rotatable bonds is 9. The monoisotopic (exact) mass is 444 g/mol. The van der Waals surface area contributed by atoms with Crippen molar-refractivity contribution in [1.82, 2.24) is 9.55 Å². The molecule has 0 bridgehead atoms. The number of imidazole rings is 1. The highest BCUT2D eigenvalue weighted by Crippen LogP contribution is 2.31. The van der Waals surface area contributed by atoms with Crippen LogP contribution in [0.25, 0.3) is 22.2 Å². The number of aryl methyl sites for hydroxylation is 2. The number of benzene rings is 3. The van der Waals surface area contributed by atoms with E-state index in [0.29, 0.717) is 19.6 Å². The fourth-order valence-electron chi connectivity index (χ4n) is 4.03. The summed E-state index contributed by atoms with van der Waals surface area (Å²) in [6, 6.07) is 20.5. The Hall–Kier alpha value is -3.80. The summed E-state index contributed by atoms with van der Waals surface area (Å²) in [6.07, 6.45) is 0.562. The van der Waals surface area contributed by atoms with Crippen molar-refractivity contribution in [2.24, 2.45) is 0 Å². The molecule has 0 atom stereocenters. The van der Waals surface area contributed by atoms with Gasteiger partial charge in [-0.25, -0.2) is 4.98 Å². The van der Waals surface area contributed by atoms with Gasteiger partial charge in [0, 0.05) is 18.1 Å². The van der Waals surface area contributed by atoms with Crippen LogP contribution in [0.4, 0.5) is 0 Å². The topological polar surface area (TPSA) is 73.6 Å². The molecule has 0 aliphatic carbocycles.